The number of fused-ring (bicyclic) bond motifs is 2. The lowest BCUT2D eigenvalue weighted by atomic mass is 10.1. The maximum absolute atomic E-state index is 13.2. The van der Waals surface area contributed by atoms with E-state index in [1.54, 1.807) is 0 Å². The van der Waals surface area contributed by atoms with Crippen molar-refractivity contribution in [1.29, 1.82) is 0 Å². The summed E-state index contributed by atoms with van der Waals surface area (Å²) in [4.78, 5) is 18.5. The molecule has 0 bridgehead atoms. The Balaban J connectivity index is 1.41. The van der Waals surface area contributed by atoms with Crippen molar-refractivity contribution in [3.05, 3.63) is 52.5 Å². The molecule has 0 spiro atoms. The summed E-state index contributed by atoms with van der Waals surface area (Å²) < 4.78 is 1.97. The third-order valence-corrected chi connectivity index (χ3v) is 6.25. The number of rotatable bonds is 3. The van der Waals surface area contributed by atoms with Gasteiger partial charge in [-0.25, -0.2) is 0 Å². The van der Waals surface area contributed by atoms with Gasteiger partial charge in [0.2, 0.25) is 0 Å². The Kier molecular flexibility index (Phi) is 4.05. The Morgan fingerprint density at radius 2 is 2.07 bits per heavy atom. The Morgan fingerprint density at radius 1 is 1.25 bits per heavy atom. The molecule has 0 saturated heterocycles. The van der Waals surface area contributed by atoms with Crippen LogP contribution in [0.5, 0.6) is 0 Å². The number of aromatic amines is 1. The lowest BCUT2D eigenvalue weighted by Crippen LogP contribution is -2.30. The number of carbonyl (C=O) groups excluding carboxylic acids is 1. The molecule has 2 N–H and O–H groups in total. The number of nitrogens with one attached hydrogen (secondary N) is 1. The molecule has 1 saturated carbocycles. The second-order valence-electron chi connectivity index (χ2n) is 8.28. The molecule has 0 radical (unpaired) electrons. The van der Waals surface area contributed by atoms with E-state index >= 15 is 0 Å². The number of hydrogen-bond donors (Lipinski definition) is 2. The van der Waals surface area contributed by atoms with Gasteiger partial charge in [0.15, 0.2) is 0 Å². The third kappa shape index (κ3) is 2.92. The van der Waals surface area contributed by atoms with E-state index in [-0.39, 0.29) is 5.91 Å². The maximum atomic E-state index is 13.2. The highest BCUT2D eigenvalue weighted by Gasteiger charge is 2.33. The minimum absolute atomic E-state index is 0.0547. The molecule has 2 aromatic heterocycles. The van der Waals surface area contributed by atoms with Gasteiger partial charge in [-0.1, -0.05) is 0 Å². The largest absolute Gasteiger partial charge is 0.386 e. The van der Waals surface area contributed by atoms with Crippen LogP contribution in [-0.2, 0) is 13.1 Å². The van der Waals surface area contributed by atoms with E-state index < -0.39 is 6.10 Å². The highest BCUT2D eigenvalue weighted by molar-refractivity contribution is 5.99. The molecule has 6 heteroatoms. The average Bonchev–Trinajstić information content (AvgIpc) is 3.45. The Labute approximate surface area is 164 Å². The van der Waals surface area contributed by atoms with Crippen molar-refractivity contribution in [2.75, 3.05) is 6.54 Å². The summed E-state index contributed by atoms with van der Waals surface area (Å²) in [5, 5.41) is 16.1. The fourth-order valence-corrected chi connectivity index (χ4v) is 4.23. The predicted octanol–water partition coefficient (Wildman–Crippen LogP) is 3.47. The van der Waals surface area contributed by atoms with Crippen LogP contribution < -0.4 is 0 Å². The van der Waals surface area contributed by atoms with E-state index in [1.165, 1.54) is 5.56 Å². The molecule has 5 rings (SSSR count). The second-order valence-corrected chi connectivity index (χ2v) is 8.28. The van der Waals surface area contributed by atoms with Gasteiger partial charge in [0.25, 0.3) is 5.91 Å². The number of aliphatic hydroxyl groups is 1. The summed E-state index contributed by atoms with van der Waals surface area (Å²) in [6.45, 7) is 6.17. The van der Waals surface area contributed by atoms with Crippen molar-refractivity contribution in [3.63, 3.8) is 0 Å². The molecule has 2 aliphatic rings. The number of aliphatic hydroxyl groups excluding tert-OH is 1. The standard InChI is InChI=1S/C22H26N4O2/c1-13-14(2)23-19-7-6-16(10-18(13)19)22(28)25-8-3-9-26-17(12-25)11-20(24-26)21(27)15-4-5-15/h6-7,10-11,15,21,23,27H,3-5,8-9,12H2,1-2H3. The highest BCUT2D eigenvalue weighted by atomic mass is 16.3. The van der Waals surface area contributed by atoms with Crippen LogP contribution >= 0.6 is 0 Å². The normalized spacial score (nSPS) is 18.2. The van der Waals surface area contributed by atoms with Crippen LogP contribution in [0.3, 0.4) is 0 Å². The molecule has 28 heavy (non-hydrogen) atoms. The van der Waals surface area contributed by atoms with Crippen LogP contribution in [0, 0.1) is 19.8 Å². The lowest BCUT2D eigenvalue weighted by molar-refractivity contribution is 0.0746. The summed E-state index contributed by atoms with van der Waals surface area (Å²) >= 11 is 0. The SMILES string of the molecule is Cc1[nH]c2ccc(C(=O)N3CCCn4nc(C(O)C5CC5)cc4C3)cc2c1C. The Morgan fingerprint density at radius 3 is 2.86 bits per heavy atom. The number of hydrogen-bond acceptors (Lipinski definition) is 3. The Hall–Kier alpha value is -2.60. The number of amides is 1. The van der Waals surface area contributed by atoms with Gasteiger partial charge in [-0.15, -0.1) is 0 Å². The molecule has 1 amide bonds. The molecular weight excluding hydrogens is 352 g/mol. The molecule has 3 aromatic rings. The van der Waals surface area contributed by atoms with E-state index in [9.17, 15) is 9.90 Å². The number of aromatic nitrogens is 3. The minimum atomic E-state index is -0.467. The smallest absolute Gasteiger partial charge is 0.254 e. The van der Waals surface area contributed by atoms with E-state index in [2.05, 4.69) is 23.9 Å². The van der Waals surface area contributed by atoms with Gasteiger partial charge in [0.05, 0.1) is 17.9 Å². The van der Waals surface area contributed by atoms with Crippen LogP contribution in [0.4, 0.5) is 0 Å². The third-order valence-electron chi connectivity index (χ3n) is 6.25. The van der Waals surface area contributed by atoms with Gasteiger partial charge in [0, 0.05) is 35.2 Å². The van der Waals surface area contributed by atoms with Crippen molar-refractivity contribution >= 4 is 16.8 Å². The van der Waals surface area contributed by atoms with Crippen molar-refractivity contribution < 1.29 is 9.90 Å². The van der Waals surface area contributed by atoms with Crippen LogP contribution in [0.2, 0.25) is 0 Å². The molecule has 1 aliphatic carbocycles. The molecule has 146 valence electrons. The van der Waals surface area contributed by atoms with Gasteiger partial charge in [-0.3, -0.25) is 9.48 Å². The molecule has 6 nitrogen and oxygen atoms in total. The van der Waals surface area contributed by atoms with Crippen molar-refractivity contribution in [2.45, 2.75) is 52.3 Å². The molecule has 1 fully saturated rings. The molecule has 1 aromatic carbocycles. The van der Waals surface area contributed by atoms with E-state index in [0.717, 1.165) is 59.4 Å². The number of aryl methyl sites for hydroxylation is 3. The summed E-state index contributed by atoms with van der Waals surface area (Å²) in [6, 6.07) is 7.89. The zero-order valence-corrected chi connectivity index (χ0v) is 16.4. The van der Waals surface area contributed by atoms with Gasteiger partial charge < -0.3 is 15.0 Å². The summed E-state index contributed by atoms with van der Waals surface area (Å²) in [5.74, 6) is 0.413. The van der Waals surface area contributed by atoms with E-state index in [0.29, 0.717) is 19.0 Å². The molecule has 1 unspecified atom stereocenters. The number of carbonyl (C=O) groups is 1. The Bertz CT molecular complexity index is 1060. The fourth-order valence-electron chi connectivity index (χ4n) is 4.23. The highest BCUT2D eigenvalue weighted by Crippen LogP contribution is 2.40. The van der Waals surface area contributed by atoms with Crippen LogP contribution in [-0.4, -0.2) is 37.2 Å². The van der Waals surface area contributed by atoms with Gasteiger partial charge in [-0.05, 0) is 68.9 Å². The van der Waals surface area contributed by atoms with Crippen molar-refractivity contribution in [2.24, 2.45) is 5.92 Å². The minimum Gasteiger partial charge on any atom is -0.386 e. The zero-order valence-electron chi connectivity index (χ0n) is 16.4. The predicted molar refractivity (Wildman–Crippen MR) is 107 cm³/mol. The first-order valence-electron chi connectivity index (χ1n) is 10.1. The number of nitrogens with zero attached hydrogens (tertiary/aromatic N) is 3. The topological polar surface area (TPSA) is 74.2 Å². The van der Waals surface area contributed by atoms with Gasteiger partial charge in [0.1, 0.15) is 6.10 Å². The second kappa shape index (κ2) is 6.48. The fraction of sp³-hybridized carbons (Fsp3) is 0.455. The summed E-state index contributed by atoms with van der Waals surface area (Å²) in [7, 11) is 0. The molecule has 1 atom stereocenters. The molecule has 1 aliphatic heterocycles. The number of H-pyrrole nitrogens is 1. The summed E-state index contributed by atoms with van der Waals surface area (Å²) in [6.07, 6.45) is 2.55. The maximum Gasteiger partial charge on any atom is 0.254 e. The monoisotopic (exact) mass is 378 g/mol. The number of benzene rings is 1. The first-order valence-corrected chi connectivity index (χ1v) is 10.1. The molecular formula is C22H26N4O2. The zero-order chi connectivity index (χ0) is 19.4. The van der Waals surface area contributed by atoms with Crippen LogP contribution in [0.25, 0.3) is 10.9 Å². The van der Waals surface area contributed by atoms with Crippen LogP contribution in [0.1, 0.15) is 58.4 Å². The van der Waals surface area contributed by atoms with E-state index in [1.807, 2.05) is 33.8 Å². The quantitative estimate of drug-likeness (QED) is 0.733. The van der Waals surface area contributed by atoms with Crippen molar-refractivity contribution in [3.8, 4) is 0 Å². The van der Waals surface area contributed by atoms with Gasteiger partial charge >= 0.3 is 0 Å². The van der Waals surface area contributed by atoms with Crippen LogP contribution in [0.15, 0.2) is 24.3 Å². The average molecular weight is 378 g/mol. The van der Waals surface area contributed by atoms with E-state index in [4.69, 9.17) is 0 Å². The first kappa shape index (κ1) is 17.5. The van der Waals surface area contributed by atoms with Crippen molar-refractivity contribution in [1.82, 2.24) is 19.7 Å². The molecule has 3 heterocycles. The lowest BCUT2D eigenvalue weighted by Gasteiger charge is -2.20. The summed E-state index contributed by atoms with van der Waals surface area (Å²) in [5.41, 5.74) is 5.89. The first-order chi connectivity index (χ1) is 13.5. The van der Waals surface area contributed by atoms with Gasteiger partial charge in [-0.2, -0.15) is 5.10 Å².